The summed E-state index contributed by atoms with van der Waals surface area (Å²) in [5.41, 5.74) is 0.868. The predicted molar refractivity (Wildman–Crippen MR) is 118 cm³/mol. The number of carbonyl (C=O) groups is 1. The van der Waals surface area contributed by atoms with Crippen molar-refractivity contribution in [2.24, 2.45) is 5.92 Å². The Bertz CT molecular complexity index is 717. The maximum Gasteiger partial charge on any atom is 0.220 e. The molecule has 0 bridgehead atoms. The molecule has 1 saturated carbocycles. The number of nitriles is 1. The number of hydrogen-bond acceptors (Lipinski definition) is 4. The summed E-state index contributed by atoms with van der Waals surface area (Å²) in [5.74, 6) is 0.539. The van der Waals surface area contributed by atoms with Gasteiger partial charge in [-0.25, -0.2) is 4.39 Å². The van der Waals surface area contributed by atoms with E-state index in [1.54, 1.807) is 6.07 Å². The molecule has 2 fully saturated rings. The van der Waals surface area contributed by atoms with Gasteiger partial charge in [-0.1, -0.05) is 11.6 Å². The fraction of sp³-hybridized carbons (Fsp3) is 0.652. The minimum absolute atomic E-state index is 0.0890. The summed E-state index contributed by atoms with van der Waals surface area (Å²) in [6.07, 6.45) is 7.22. The monoisotopic (exact) mass is 434 g/mol. The Morgan fingerprint density at radius 2 is 1.90 bits per heavy atom. The van der Waals surface area contributed by atoms with Crippen molar-refractivity contribution < 1.29 is 9.18 Å². The third-order valence-corrected chi connectivity index (χ3v) is 6.56. The number of nitrogens with one attached hydrogen (secondary N) is 1. The molecule has 1 aromatic carbocycles. The number of nitrogens with zero attached hydrogens (tertiary/aromatic N) is 3. The second-order valence-corrected chi connectivity index (χ2v) is 8.98. The summed E-state index contributed by atoms with van der Waals surface area (Å²) in [5, 5.41) is 12.1. The van der Waals surface area contributed by atoms with Crippen molar-refractivity contribution in [3.63, 3.8) is 0 Å². The van der Waals surface area contributed by atoms with Gasteiger partial charge in [-0.05, 0) is 69.2 Å². The van der Waals surface area contributed by atoms with Crippen LogP contribution in [0.5, 0.6) is 0 Å². The van der Waals surface area contributed by atoms with Gasteiger partial charge < -0.3 is 10.2 Å². The molecule has 1 amide bonds. The minimum Gasteiger partial charge on any atom is -0.369 e. The number of unbranched alkanes of at least 4 members (excludes halogenated alkanes) is 1. The molecule has 2 aliphatic rings. The molecular weight excluding hydrogens is 403 g/mol. The van der Waals surface area contributed by atoms with Gasteiger partial charge in [0.25, 0.3) is 0 Å². The van der Waals surface area contributed by atoms with E-state index in [1.165, 1.54) is 25.3 Å². The van der Waals surface area contributed by atoms with Crippen LogP contribution < -0.4 is 10.2 Å². The van der Waals surface area contributed by atoms with Gasteiger partial charge in [-0.2, -0.15) is 5.26 Å². The molecule has 0 atom stereocenters. The van der Waals surface area contributed by atoms with Gasteiger partial charge in [0.2, 0.25) is 5.91 Å². The molecular formula is C23H32ClFN4O. The second-order valence-electron chi connectivity index (χ2n) is 8.54. The molecule has 1 aromatic rings. The van der Waals surface area contributed by atoms with Gasteiger partial charge in [-0.3, -0.25) is 9.69 Å². The normalized spacial score (nSPS) is 22.5. The third-order valence-electron chi connectivity index (χ3n) is 6.34. The molecule has 7 heteroatoms. The van der Waals surface area contributed by atoms with Gasteiger partial charge in [0.15, 0.2) is 0 Å². The number of anilines is 1. The van der Waals surface area contributed by atoms with E-state index in [9.17, 15) is 9.18 Å². The molecule has 0 unspecified atom stereocenters. The molecule has 30 heavy (non-hydrogen) atoms. The summed E-state index contributed by atoms with van der Waals surface area (Å²) in [7, 11) is 0. The highest BCUT2D eigenvalue weighted by molar-refractivity contribution is 6.30. The summed E-state index contributed by atoms with van der Waals surface area (Å²) in [6.45, 7) is 4.87. The highest BCUT2D eigenvalue weighted by atomic mass is 35.5. The lowest BCUT2D eigenvalue weighted by molar-refractivity contribution is -0.122. The summed E-state index contributed by atoms with van der Waals surface area (Å²) < 4.78 is 13.6. The predicted octanol–water partition coefficient (Wildman–Crippen LogP) is 4.36. The van der Waals surface area contributed by atoms with Crippen molar-refractivity contribution in [1.82, 2.24) is 10.2 Å². The minimum atomic E-state index is -0.283. The van der Waals surface area contributed by atoms with Crippen LogP contribution >= 0.6 is 11.6 Å². The van der Waals surface area contributed by atoms with E-state index < -0.39 is 0 Å². The quantitative estimate of drug-likeness (QED) is 0.617. The molecule has 0 aromatic heterocycles. The van der Waals surface area contributed by atoms with Gasteiger partial charge in [0, 0.05) is 55.8 Å². The highest BCUT2D eigenvalue weighted by Crippen LogP contribution is 2.28. The summed E-state index contributed by atoms with van der Waals surface area (Å²) >= 11 is 5.99. The van der Waals surface area contributed by atoms with Crippen molar-refractivity contribution >= 4 is 23.2 Å². The van der Waals surface area contributed by atoms with Crippen molar-refractivity contribution in [2.45, 2.75) is 57.4 Å². The molecule has 5 nitrogen and oxygen atoms in total. The fourth-order valence-electron chi connectivity index (χ4n) is 4.54. The number of rotatable bonds is 8. The van der Waals surface area contributed by atoms with E-state index in [2.05, 4.69) is 21.2 Å². The Hall–Kier alpha value is -1.84. The molecule has 1 aliphatic carbocycles. The van der Waals surface area contributed by atoms with Crippen LogP contribution in [0.15, 0.2) is 18.2 Å². The van der Waals surface area contributed by atoms with E-state index in [0.29, 0.717) is 30.3 Å². The van der Waals surface area contributed by atoms with E-state index in [-0.39, 0.29) is 11.7 Å². The maximum absolute atomic E-state index is 13.6. The van der Waals surface area contributed by atoms with Crippen LogP contribution in [0.2, 0.25) is 5.02 Å². The van der Waals surface area contributed by atoms with Crippen molar-refractivity contribution in [2.75, 3.05) is 37.6 Å². The van der Waals surface area contributed by atoms with Crippen molar-refractivity contribution in [3.05, 3.63) is 29.0 Å². The van der Waals surface area contributed by atoms with E-state index >= 15 is 0 Å². The zero-order valence-corrected chi connectivity index (χ0v) is 18.3. The number of piperazine rings is 1. The zero-order chi connectivity index (χ0) is 21.3. The maximum atomic E-state index is 13.6. The van der Waals surface area contributed by atoms with Crippen molar-refractivity contribution in [3.8, 4) is 6.07 Å². The number of hydrogen-bond donors (Lipinski definition) is 1. The number of halogens is 2. The molecule has 1 heterocycles. The zero-order valence-electron chi connectivity index (χ0n) is 17.6. The number of carbonyl (C=O) groups excluding carboxylic acids is 1. The number of benzene rings is 1. The molecule has 0 radical (unpaired) electrons. The van der Waals surface area contributed by atoms with Gasteiger partial charge in [0.05, 0.1) is 6.07 Å². The van der Waals surface area contributed by atoms with Crippen LogP contribution in [0.3, 0.4) is 0 Å². The van der Waals surface area contributed by atoms with Gasteiger partial charge in [-0.15, -0.1) is 0 Å². The van der Waals surface area contributed by atoms with Crippen LogP contribution in [0.25, 0.3) is 0 Å². The van der Waals surface area contributed by atoms with Gasteiger partial charge in [0.1, 0.15) is 5.82 Å². The molecule has 1 aliphatic heterocycles. The van der Waals surface area contributed by atoms with Gasteiger partial charge >= 0.3 is 0 Å². The Morgan fingerprint density at radius 3 is 2.57 bits per heavy atom. The first kappa shape index (κ1) is 22.8. The van der Waals surface area contributed by atoms with Crippen LogP contribution in [0, 0.1) is 23.1 Å². The fourth-order valence-corrected chi connectivity index (χ4v) is 4.76. The average Bonchev–Trinajstić information content (AvgIpc) is 2.73. The molecule has 1 N–H and O–H groups in total. The first-order valence-corrected chi connectivity index (χ1v) is 11.5. The van der Waals surface area contributed by atoms with Crippen LogP contribution in [-0.4, -0.2) is 49.6 Å². The summed E-state index contributed by atoms with van der Waals surface area (Å²) in [4.78, 5) is 16.6. The highest BCUT2D eigenvalue weighted by Gasteiger charge is 2.24. The van der Waals surface area contributed by atoms with Crippen LogP contribution in [0.1, 0.15) is 51.4 Å². The van der Waals surface area contributed by atoms with Crippen molar-refractivity contribution in [1.29, 1.82) is 5.26 Å². The Labute approximate surface area is 184 Å². The van der Waals surface area contributed by atoms with E-state index in [0.717, 1.165) is 57.2 Å². The first-order chi connectivity index (χ1) is 14.5. The Morgan fingerprint density at radius 1 is 1.17 bits per heavy atom. The first-order valence-electron chi connectivity index (χ1n) is 11.1. The number of amides is 1. The van der Waals surface area contributed by atoms with E-state index in [4.69, 9.17) is 16.9 Å². The van der Waals surface area contributed by atoms with Crippen LogP contribution in [0.4, 0.5) is 10.1 Å². The lowest BCUT2D eigenvalue weighted by Gasteiger charge is -2.37. The Balaban J connectivity index is 1.31. The largest absolute Gasteiger partial charge is 0.369 e. The molecule has 164 valence electrons. The lowest BCUT2D eigenvalue weighted by Crippen LogP contribution is -2.47. The second kappa shape index (κ2) is 11.5. The third kappa shape index (κ3) is 7.14. The smallest absolute Gasteiger partial charge is 0.220 e. The lowest BCUT2D eigenvalue weighted by atomic mass is 9.84. The molecule has 1 saturated heterocycles. The molecule has 3 rings (SSSR count). The standard InChI is InChI=1S/C23H32ClFN4O/c24-19-15-20(25)17-22(16-19)29-13-11-28(12-14-29)10-8-18-4-6-21(7-5-18)27-23(30)3-1-2-9-26/h15-18,21H,1-8,10-14H2,(H,27,30). The SMILES string of the molecule is N#CCCCC(=O)NC1CCC(CCN2CCN(c3cc(F)cc(Cl)c3)CC2)CC1. The Kier molecular flexibility index (Phi) is 8.77. The van der Waals surface area contributed by atoms with E-state index in [1.807, 2.05) is 6.07 Å². The molecule has 0 spiro atoms. The topological polar surface area (TPSA) is 59.4 Å². The average molecular weight is 435 g/mol. The van der Waals surface area contributed by atoms with Crippen LogP contribution in [-0.2, 0) is 4.79 Å². The summed E-state index contributed by atoms with van der Waals surface area (Å²) in [6, 6.07) is 7.12.